The normalized spacial score (nSPS) is 11.1. The fraction of sp³-hybridized carbons (Fsp3) is 0.0769. The first-order valence-electron chi connectivity index (χ1n) is 5.57. The second-order valence-corrected chi connectivity index (χ2v) is 3.85. The van der Waals surface area contributed by atoms with Crippen LogP contribution in [0.2, 0.25) is 0 Å². The van der Waals surface area contributed by atoms with E-state index in [-0.39, 0.29) is 5.75 Å². The van der Waals surface area contributed by atoms with Gasteiger partial charge >= 0.3 is 6.61 Å². The minimum atomic E-state index is -2.87. The lowest BCUT2D eigenvalue weighted by Gasteiger charge is -2.05. The Morgan fingerprint density at radius 3 is 2.53 bits per heavy atom. The van der Waals surface area contributed by atoms with Gasteiger partial charge in [0.25, 0.3) is 0 Å². The molecule has 0 atom stereocenters. The highest BCUT2D eigenvalue weighted by atomic mass is 19.3. The van der Waals surface area contributed by atoms with Crippen LogP contribution in [0.1, 0.15) is 0 Å². The van der Waals surface area contributed by atoms with E-state index in [0.717, 1.165) is 11.3 Å². The van der Waals surface area contributed by atoms with Gasteiger partial charge in [0.2, 0.25) is 5.78 Å². The summed E-state index contributed by atoms with van der Waals surface area (Å²) in [7, 11) is 0. The van der Waals surface area contributed by atoms with Gasteiger partial charge in [0, 0.05) is 5.56 Å². The first-order valence-corrected chi connectivity index (χ1v) is 5.57. The van der Waals surface area contributed by atoms with Crippen molar-refractivity contribution < 1.29 is 13.5 Å². The summed E-state index contributed by atoms with van der Waals surface area (Å²) in [6.07, 6.45) is 4.32. The molecule has 0 aliphatic carbocycles. The largest absolute Gasteiger partial charge is 0.432 e. The van der Waals surface area contributed by atoms with Crippen molar-refractivity contribution in [2.24, 2.45) is 0 Å². The summed E-state index contributed by atoms with van der Waals surface area (Å²) in [5.41, 5.74) is 1.69. The first-order chi connectivity index (χ1) is 9.24. The summed E-state index contributed by atoms with van der Waals surface area (Å²) in [5, 5.41) is 0. The van der Waals surface area contributed by atoms with Gasteiger partial charge in [-0.25, -0.2) is 9.97 Å². The Balaban J connectivity index is 2.11. The minimum Gasteiger partial charge on any atom is -0.432 e. The minimum absolute atomic E-state index is 0.00215. The van der Waals surface area contributed by atoms with Gasteiger partial charge < -0.3 is 4.74 Å². The van der Waals surface area contributed by atoms with E-state index in [1.807, 2.05) is 30.3 Å². The second kappa shape index (κ2) is 4.64. The maximum absolute atomic E-state index is 12.2. The number of aromatic nitrogens is 3. The molecular weight excluding hydrogens is 252 g/mol. The number of rotatable bonds is 3. The Kier molecular flexibility index (Phi) is 2.83. The van der Waals surface area contributed by atoms with Gasteiger partial charge in [0.05, 0.1) is 24.3 Å². The zero-order valence-electron chi connectivity index (χ0n) is 9.70. The van der Waals surface area contributed by atoms with Gasteiger partial charge in [0.1, 0.15) is 0 Å². The fourth-order valence-corrected chi connectivity index (χ4v) is 1.84. The third-order valence-electron chi connectivity index (χ3n) is 2.64. The third kappa shape index (κ3) is 2.24. The summed E-state index contributed by atoms with van der Waals surface area (Å²) < 4.78 is 30.3. The van der Waals surface area contributed by atoms with Crippen molar-refractivity contribution in [3.63, 3.8) is 0 Å². The van der Waals surface area contributed by atoms with Crippen LogP contribution < -0.4 is 4.74 Å². The standard InChI is InChI=1S/C13H9F2N3O/c14-12(15)19-10-6-16-13-17-7-11(18(13)8-10)9-4-2-1-3-5-9/h1-8,12H. The van der Waals surface area contributed by atoms with Crippen molar-refractivity contribution in [1.82, 2.24) is 14.4 Å². The molecule has 0 aliphatic rings. The van der Waals surface area contributed by atoms with Crippen molar-refractivity contribution in [3.05, 3.63) is 48.9 Å². The molecule has 4 nitrogen and oxygen atoms in total. The zero-order chi connectivity index (χ0) is 13.2. The van der Waals surface area contributed by atoms with E-state index >= 15 is 0 Å². The Hall–Kier alpha value is -2.50. The van der Waals surface area contributed by atoms with E-state index in [9.17, 15) is 8.78 Å². The van der Waals surface area contributed by atoms with Crippen LogP contribution in [-0.4, -0.2) is 21.0 Å². The summed E-state index contributed by atoms with van der Waals surface area (Å²) in [6, 6.07) is 9.49. The Morgan fingerprint density at radius 2 is 1.79 bits per heavy atom. The molecule has 3 rings (SSSR count). The molecule has 0 saturated carbocycles. The molecule has 0 spiro atoms. The van der Waals surface area contributed by atoms with E-state index < -0.39 is 6.61 Å². The van der Waals surface area contributed by atoms with Crippen molar-refractivity contribution in [1.29, 1.82) is 0 Å². The fourth-order valence-electron chi connectivity index (χ4n) is 1.84. The smallest absolute Gasteiger partial charge is 0.387 e. The van der Waals surface area contributed by atoms with Gasteiger partial charge in [0.15, 0.2) is 5.75 Å². The lowest BCUT2D eigenvalue weighted by molar-refractivity contribution is -0.0503. The van der Waals surface area contributed by atoms with E-state index in [1.54, 1.807) is 10.6 Å². The average molecular weight is 261 g/mol. The SMILES string of the molecule is FC(F)Oc1cnc2ncc(-c3ccccc3)n2c1. The maximum Gasteiger partial charge on any atom is 0.387 e. The van der Waals surface area contributed by atoms with Gasteiger partial charge in [-0.15, -0.1) is 0 Å². The predicted molar refractivity (Wildman–Crippen MR) is 65.1 cm³/mol. The number of fused-ring (bicyclic) bond motifs is 1. The molecule has 0 fully saturated rings. The van der Waals surface area contributed by atoms with E-state index in [1.165, 1.54) is 12.4 Å². The molecule has 0 bridgehead atoms. The van der Waals surface area contributed by atoms with Gasteiger partial charge in [-0.2, -0.15) is 8.78 Å². The van der Waals surface area contributed by atoms with Crippen LogP contribution in [0.25, 0.3) is 17.0 Å². The predicted octanol–water partition coefficient (Wildman–Crippen LogP) is 3.00. The maximum atomic E-state index is 12.2. The number of halogens is 2. The van der Waals surface area contributed by atoms with Crippen LogP contribution in [0, 0.1) is 0 Å². The van der Waals surface area contributed by atoms with E-state index in [0.29, 0.717) is 5.78 Å². The first kappa shape index (κ1) is 11.6. The van der Waals surface area contributed by atoms with Crippen LogP contribution in [0.4, 0.5) is 8.78 Å². The number of ether oxygens (including phenoxy) is 1. The molecule has 0 unspecified atom stereocenters. The van der Waals surface area contributed by atoms with Crippen LogP contribution in [0.3, 0.4) is 0 Å². The summed E-state index contributed by atoms with van der Waals surface area (Å²) in [5.74, 6) is 0.429. The number of imidazole rings is 1. The molecule has 6 heteroatoms. The summed E-state index contributed by atoms with van der Waals surface area (Å²) in [6.45, 7) is -2.87. The van der Waals surface area contributed by atoms with Crippen molar-refractivity contribution >= 4 is 5.78 Å². The molecule has 0 aliphatic heterocycles. The highest BCUT2D eigenvalue weighted by Gasteiger charge is 2.10. The number of benzene rings is 1. The van der Waals surface area contributed by atoms with Gasteiger partial charge in [-0.3, -0.25) is 4.40 Å². The number of alkyl halides is 2. The molecule has 19 heavy (non-hydrogen) atoms. The van der Waals surface area contributed by atoms with Crippen LogP contribution in [0.5, 0.6) is 5.75 Å². The molecular formula is C13H9F2N3O. The Bertz CT molecular complexity index is 697. The van der Waals surface area contributed by atoms with Crippen molar-refractivity contribution in [2.45, 2.75) is 6.61 Å². The topological polar surface area (TPSA) is 39.4 Å². The number of hydrogen-bond donors (Lipinski definition) is 0. The van der Waals surface area contributed by atoms with Crippen LogP contribution in [-0.2, 0) is 0 Å². The number of nitrogens with zero attached hydrogens (tertiary/aromatic N) is 3. The van der Waals surface area contributed by atoms with Crippen molar-refractivity contribution in [2.75, 3.05) is 0 Å². The summed E-state index contributed by atoms with van der Waals surface area (Å²) in [4.78, 5) is 8.10. The van der Waals surface area contributed by atoms with Gasteiger partial charge in [-0.05, 0) is 0 Å². The molecule has 0 radical (unpaired) electrons. The van der Waals surface area contributed by atoms with E-state index in [4.69, 9.17) is 0 Å². The summed E-state index contributed by atoms with van der Waals surface area (Å²) >= 11 is 0. The van der Waals surface area contributed by atoms with Gasteiger partial charge in [-0.1, -0.05) is 30.3 Å². The molecule has 0 amide bonds. The quantitative estimate of drug-likeness (QED) is 0.727. The lowest BCUT2D eigenvalue weighted by Crippen LogP contribution is -2.03. The van der Waals surface area contributed by atoms with E-state index in [2.05, 4.69) is 14.7 Å². The highest BCUT2D eigenvalue weighted by Crippen LogP contribution is 2.22. The zero-order valence-corrected chi connectivity index (χ0v) is 9.70. The van der Waals surface area contributed by atoms with Crippen molar-refractivity contribution in [3.8, 4) is 17.0 Å². The average Bonchev–Trinajstić information content (AvgIpc) is 2.82. The molecule has 1 aromatic carbocycles. The molecule has 0 saturated heterocycles. The molecule has 2 aromatic heterocycles. The Labute approximate surface area is 107 Å². The highest BCUT2D eigenvalue weighted by molar-refractivity contribution is 5.62. The third-order valence-corrected chi connectivity index (χ3v) is 2.64. The lowest BCUT2D eigenvalue weighted by atomic mass is 10.2. The van der Waals surface area contributed by atoms with Crippen LogP contribution in [0.15, 0.2) is 48.9 Å². The second-order valence-electron chi connectivity index (χ2n) is 3.85. The van der Waals surface area contributed by atoms with Crippen LogP contribution >= 0.6 is 0 Å². The number of hydrogen-bond acceptors (Lipinski definition) is 3. The molecule has 96 valence electrons. The molecule has 2 heterocycles. The molecule has 3 aromatic rings. The monoisotopic (exact) mass is 261 g/mol. The molecule has 0 N–H and O–H groups in total. The Morgan fingerprint density at radius 1 is 1.05 bits per heavy atom.